The van der Waals surface area contributed by atoms with Crippen molar-refractivity contribution in [3.05, 3.63) is 56.6 Å². The number of pyridine rings is 1. The molecule has 0 spiro atoms. The molecule has 0 saturated carbocycles. The highest BCUT2D eigenvalue weighted by atomic mass is 16.2. The molecule has 0 atom stereocenters. The zero-order valence-electron chi connectivity index (χ0n) is 9.48. The van der Waals surface area contributed by atoms with E-state index in [1.54, 1.807) is 25.3 Å². The maximum atomic E-state index is 11.8. The third kappa shape index (κ3) is 2.70. The van der Waals surface area contributed by atoms with Crippen molar-refractivity contribution in [2.24, 2.45) is 0 Å². The summed E-state index contributed by atoms with van der Waals surface area (Å²) in [5.74, 6) is -0.566. The van der Waals surface area contributed by atoms with Crippen LogP contribution in [-0.2, 0) is 0 Å². The van der Waals surface area contributed by atoms with Crippen LogP contribution in [0.2, 0.25) is 0 Å². The van der Waals surface area contributed by atoms with Gasteiger partial charge in [-0.25, -0.2) is 4.79 Å². The van der Waals surface area contributed by atoms with Gasteiger partial charge in [0.1, 0.15) is 5.69 Å². The largest absolute Gasteiger partial charge is 0.326 e. The standard InChI is InChI=1S/C11H10N4O3/c1-6-4-7(2-3-12-6)13-10(17)8-5-9(16)15-11(18)14-8/h2-5H,1H3,(H,12,13,17)(H2,14,15,16,18). The van der Waals surface area contributed by atoms with Crippen LogP contribution in [0.25, 0.3) is 0 Å². The van der Waals surface area contributed by atoms with Crippen molar-refractivity contribution in [2.75, 3.05) is 5.32 Å². The molecule has 0 radical (unpaired) electrons. The van der Waals surface area contributed by atoms with Crippen LogP contribution in [0.4, 0.5) is 5.69 Å². The number of nitrogens with zero attached hydrogens (tertiary/aromatic N) is 1. The van der Waals surface area contributed by atoms with Gasteiger partial charge in [0.25, 0.3) is 11.5 Å². The van der Waals surface area contributed by atoms with Crippen molar-refractivity contribution < 1.29 is 4.79 Å². The minimum atomic E-state index is -0.724. The van der Waals surface area contributed by atoms with Crippen molar-refractivity contribution >= 4 is 11.6 Å². The van der Waals surface area contributed by atoms with Crippen LogP contribution in [0.3, 0.4) is 0 Å². The quantitative estimate of drug-likeness (QED) is 0.694. The van der Waals surface area contributed by atoms with Crippen LogP contribution in [0.15, 0.2) is 34.0 Å². The van der Waals surface area contributed by atoms with Gasteiger partial charge in [-0.2, -0.15) is 0 Å². The SMILES string of the molecule is Cc1cc(NC(=O)c2cc(=O)[nH]c(=O)[nH]2)ccn1. The number of aryl methyl sites for hydroxylation is 1. The maximum absolute atomic E-state index is 11.8. The summed E-state index contributed by atoms with van der Waals surface area (Å²) >= 11 is 0. The molecule has 0 unspecified atom stereocenters. The number of aromatic nitrogens is 3. The monoisotopic (exact) mass is 246 g/mol. The van der Waals surface area contributed by atoms with Gasteiger partial charge in [-0.3, -0.25) is 19.6 Å². The minimum Gasteiger partial charge on any atom is -0.321 e. The lowest BCUT2D eigenvalue weighted by Gasteiger charge is -2.04. The van der Waals surface area contributed by atoms with Gasteiger partial charge >= 0.3 is 5.69 Å². The summed E-state index contributed by atoms with van der Waals surface area (Å²) in [6.45, 7) is 1.78. The second-order valence-electron chi connectivity index (χ2n) is 3.64. The van der Waals surface area contributed by atoms with Crippen molar-refractivity contribution in [3.8, 4) is 0 Å². The Morgan fingerprint density at radius 1 is 1.28 bits per heavy atom. The van der Waals surface area contributed by atoms with E-state index in [-0.39, 0.29) is 5.69 Å². The van der Waals surface area contributed by atoms with E-state index in [1.165, 1.54) is 0 Å². The van der Waals surface area contributed by atoms with Crippen molar-refractivity contribution in [1.29, 1.82) is 0 Å². The fraction of sp³-hybridized carbons (Fsp3) is 0.0909. The lowest BCUT2D eigenvalue weighted by atomic mass is 10.3. The van der Waals surface area contributed by atoms with E-state index in [4.69, 9.17) is 0 Å². The second kappa shape index (κ2) is 4.66. The number of hydrogen-bond donors (Lipinski definition) is 3. The molecule has 0 aliphatic carbocycles. The first-order valence-electron chi connectivity index (χ1n) is 5.12. The molecule has 92 valence electrons. The van der Waals surface area contributed by atoms with E-state index in [1.807, 2.05) is 4.98 Å². The summed E-state index contributed by atoms with van der Waals surface area (Å²) in [7, 11) is 0. The van der Waals surface area contributed by atoms with E-state index in [0.717, 1.165) is 11.8 Å². The molecule has 2 heterocycles. The molecular formula is C11H10N4O3. The molecule has 0 bridgehead atoms. The Bertz CT molecular complexity index is 673. The Morgan fingerprint density at radius 3 is 2.72 bits per heavy atom. The molecule has 0 fully saturated rings. The van der Waals surface area contributed by atoms with Gasteiger partial charge in [-0.05, 0) is 19.1 Å². The molecular weight excluding hydrogens is 236 g/mol. The van der Waals surface area contributed by atoms with Crippen LogP contribution in [0.5, 0.6) is 0 Å². The lowest BCUT2D eigenvalue weighted by molar-refractivity contribution is 0.102. The van der Waals surface area contributed by atoms with Crippen LogP contribution < -0.4 is 16.6 Å². The van der Waals surface area contributed by atoms with Gasteiger partial charge in [0.2, 0.25) is 0 Å². The summed E-state index contributed by atoms with van der Waals surface area (Å²) in [6, 6.07) is 4.30. The van der Waals surface area contributed by atoms with Crippen molar-refractivity contribution in [2.45, 2.75) is 6.92 Å². The zero-order chi connectivity index (χ0) is 13.1. The van der Waals surface area contributed by atoms with Gasteiger partial charge in [0.05, 0.1) is 0 Å². The predicted octanol–water partition coefficient (Wildman–Crippen LogP) is 0.0189. The molecule has 3 N–H and O–H groups in total. The first kappa shape index (κ1) is 11.8. The summed E-state index contributed by atoms with van der Waals surface area (Å²) in [5, 5.41) is 2.55. The molecule has 1 amide bonds. The third-order valence-corrected chi connectivity index (χ3v) is 2.16. The highest BCUT2D eigenvalue weighted by Crippen LogP contribution is 2.07. The number of H-pyrrole nitrogens is 2. The lowest BCUT2D eigenvalue weighted by Crippen LogP contribution is -2.27. The third-order valence-electron chi connectivity index (χ3n) is 2.16. The van der Waals surface area contributed by atoms with Gasteiger partial charge in [0, 0.05) is 23.6 Å². The van der Waals surface area contributed by atoms with E-state index >= 15 is 0 Å². The van der Waals surface area contributed by atoms with E-state index < -0.39 is 17.2 Å². The number of hydrogen-bond acceptors (Lipinski definition) is 4. The Labute approximate surface area is 101 Å². The molecule has 0 saturated heterocycles. The predicted molar refractivity (Wildman–Crippen MR) is 64.6 cm³/mol. The molecule has 18 heavy (non-hydrogen) atoms. The second-order valence-corrected chi connectivity index (χ2v) is 3.64. The number of aromatic amines is 2. The normalized spacial score (nSPS) is 10.1. The summed E-state index contributed by atoms with van der Waals surface area (Å²) in [4.78, 5) is 42.1. The fourth-order valence-electron chi connectivity index (χ4n) is 1.41. The highest BCUT2D eigenvalue weighted by molar-refractivity contribution is 6.02. The van der Waals surface area contributed by atoms with E-state index in [0.29, 0.717) is 5.69 Å². The van der Waals surface area contributed by atoms with Gasteiger partial charge in [-0.1, -0.05) is 0 Å². The van der Waals surface area contributed by atoms with Gasteiger partial charge < -0.3 is 10.3 Å². The number of carbonyl (C=O) groups excluding carboxylic acids is 1. The molecule has 2 rings (SSSR count). The molecule has 7 nitrogen and oxygen atoms in total. The maximum Gasteiger partial charge on any atom is 0.326 e. The van der Waals surface area contributed by atoms with Gasteiger partial charge in [-0.15, -0.1) is 0 Å². The Morgan fingerprint density at radius 2 is 2.06 bits per heavy atom. The molecule has 0 aliphatic rings. The van der Waals surface area contributed by atoms with Crippen LogP contribution in [0, 0.1) is 6.92 Å². The topological polar surface area (TPSA) is 108 Å². The molecule has 0 aliphatic heterocycles. The first-order valence-corrected chi connectivity index (χ1v) is 5.12. The summed E-state index contributed by atoms with van der Waals surface area (Å²) in [6.07, 6.45) is 1.55. The van der Waals surface area contributed by atoms with Crippen molar-refractivity contribution in [3.63, 3.8) is 0 Å². The first-order chi connectivity index (χ1) is 8.54. The molecule has 0 aromatic carbocycles. The van der Waals surface area contributed by atoms with Crippen LogP contribution in [-0.4, -0.2) is 20.9 Å². The van der Waals surface area contributed by atoms with E-state index in [2.05, 4.69) is 15.3 Å². The van der Waals surface area contributed by atoms with E-state index in [9.17, 15) is 14.4 Å². The fourth-order valence-corrected chi connectivity index (χ4v) is 1.41. The smallest absolute Gasteiger partial charge is 0.321 e. The number of carbonyl (C=O) groups is 1. The average Bonchev–Trinajstić information content (AvgIpc) is 2.27. The number of rotatable bonds is 2. The number of anilines is 1. The number of nitrogens with one attached hydrogen (secondary N) is 3. The zero-order valence-corrected chi connectivity index (χ0v) is 9.48. The Kier molecular flexibility index (Phi) is 3.05. The Balaban J connectivity index is 2.27. The number of amides is 1. The van der Waals surface area contributed by atoms with Crippen molar-refractivity contribution in [1.82, 2.24) is 15.0 Å². The molecule has 7 heteroatoms. The summed E-state index contributed by atoms with van der Waals surface area (Å²) in [5.41, 5.74) is -0.174. The summed E-state index contributed by atoms with van der Waals surface area (Å²) < 4.78 is 0. The van der Waals surface area contributed by atoms with Gasteiger partial charge in [0.15, 0.2) is 0 Å². The Hall–Kier alpha value is -2.70. The highest BCUT2D eigenvalue weighted by Gasteiger charge is 2.08. The molecule has 2 aromatic rings. The van der Waals surface area contributed by atoms with Crippen LogP contribution >= 0.6 is 0 Å². The average molecular weight is 246 g/mol. The molecule has 2 aromatic heterocycles. The minimum absolute atomic E-state index is 0.0989. The van der Waals surface area contributed by atoms with Crippen LogP contribution in [0.1, 0.15) is 16.2 Å².